The van der Waals surface area contributed by atoms with Crippen LogP contribution in [-0.2, 0) is 20.6 Å². The van der Waals surface area contributed by atoms with Gasteiger partial charge in [0, 0.05) is 22.9 Å². The molecule has 7 nitrogen and oxygen atoms in total. The minimum Gasteiger partial charge on any atom is -0.480 e. The lowest BCUT2D eigenvalue weighted by atomic mass is 9.97. The molecule has 0 bridgehead atoms. The first-order valence-electron chi connectivity index (χ1n) is 9.90. The van der Waals surface area contributed by atoms with Gasteiger partial charge < -0.3 is 10.4 Å². The number of carbonyl (C=O) groups excluding carboxylic acids is 1. The van der Waals surface area contributed by atoms with Crippen molar-refractivity contribution in [3.05, 3.63) is 71.2 Å². The molecule has 3 N–H and O–H groups in total. The molecule has 3 aromatic rings. The number of anilines is 1. The Morgan fingerprint density at radius 1 is 1.21 bits per heavy atom. The van der Waals surface area contributed by atoms with Gasteiger partial charge in [0.25, 0.3) is 5.91 Å². The normalized spacial score (nSPS) is 12.6. The van der Waals surface area contributed by atoms with Crippen LogP contribution in [0.4, 0.5) is 5.13 Å². The number of carbonyl (C=O) groups is 2. The van der Waals surface area contributed by atoms with Crippen LogP contribution >= 0.6 is 33.9 Å². The zero-order valence-corrected chi connectivity index (χ0v) is 21.0. The summed E-state index contributed by atoms with van der Waals surface area (Å²) in [6, 6.07) is 13.9. The van der Waals surface area contributed by atoms with Crippen LogP contribution in [0, 0.1) is 0 Å². The number of carboxylic acid groups (broad SMARTS) is 1. The summed E-state index contributed by atoms with van der Waals surface area (Å²) in [5.41, 5.74) is 2.82. The van der Waals surface area contributed by atoms with Crippen molar-refractivity contribution in [3.63, 3.8) is 0 Å². The Balaban J connectivity index is 1.79. The lowest BCUT2D eigenvalue weighted by Gasteiger charge is -2.17. The summed E-state index contributed by atoms with van der Waals surface area (Å²) >= 11 is 2.90. The minimum absolute atomic E-state index is 0.343. The Hall–Kier alpha value is -2.34. The van der Waals surface area contributed by atoms with E-state index >= 15 is 0 Å². The summed E-state index contributed by atoms with van der Waals surface area (Å²) in [4.78, 5) is 28.7. The van der Waals surface area contributed by atoms with Crippen LogP contribution in [0.25, 0.3) is 11.1 Å². The van der Waals surface area contributed by atoms with Crippen molar-refractivity contribution in [2.75, 3.05) is 16.7 Å². The number of carboxylic acids is 1. The van der Waals surface area contributed by atoms with Gasteiger partial charge in [0.2, 0.25) is 0 Å². The van der Waals surface area contributed by atoms with Crippen molar-refractivity contribution in [2.24, 2.45) is 0 Å². The summed E-state index contributed by atoms with van der Waals surface area (Å²) in [5.74, 6) is -0.402. The van der Waals surface area contributed by atoms with Gasteiger partial charge in [0.15, 0.2) is 15.1 Å². The van der Waals surface area contributed by atoms with Crippen molar-refractivity contribution in [3.8, 4) is 11.1 Å². The van der Waals surface area contributed by atoms with E-state index in [0.29, 0.717) is 34.2 Å². The Labute approximate surface area is 206 Å². The van der Waals surface area contributed by atoms with Gasteiger partial charge in [-0.2, -0.15) is 11.8 Å². The number of thioether (sulfide) groups is 1. The summed E-state index contributed by atoms with van der Waals surface area (Å²) in [7, 11) is -0.147. The number of aliphatic carboxylic acids is 1. The van der Waals surface area contributed by atoms with E-state index < -0.39 is 27.9 Å². The molecule has 0 spiro atoms. The second kappa shape index (κ2) is 12.8. The zero-order chi connectivity index (χ0) is 23.6. The molecule has 3 rings (SSSR count). The van der Waals surface area contributed by atoms with Gasteiger partial charge in [-0.05, 0) is 58.0 Å². The summed E-state index contributed by atoms with van der Waals surface area (Å²) in [6.07, 6.45) is 3.88. The first kappa shape index (κ1) is 25.3. The highest BCUT2D eigenvalue weighted by atomic mass is 33.1. The molecular weight excluding hydrogens is 499 g/mol. The number of amides is 1. The van der Waals surface area contributed by atoms with Crippen molar-refractivity contribution < 1.29 is 18.9 Å². The maximum atomic E-state index is 13.0. The fraction of sp³-hybridized carbons (Fsp3) is 0.227. The van der Waals surface area contributed by atoms with E-state index in [1.807, 2.05) is 42.7 Å². The fourth-order valence-corrected chi connectivity index (χ4v) is 6.20. The monoisotopic (exact) mass is 521 g/mol. The first-order chi connectivity index (χ1) is 16.0. The van der Waals surface area contributed by atoms with E-state index in [4.69, 9.17) is 0 Å². The van der Waals surface area contributed by atoms with Crippen LogP contribution in [0.15, 0.2) is 60.1 Å². The van der Waals surface area contributed by atoms with E-state index in [2.05, 4.69) is 15.0 Å². The molecule has 0 aliphatic rings. The van der Waals surface area contributed by atoms with Crippen molar-refractivity contribution in [1.82, 2.24) is 10.3 Å². The molecule has 1 heterocycles. The third-order valence-electron chi connectivity index (χ3n) is 4.56. The van der Waals surface area contributed by atoms with E-state index in [1.54, 1.807) is 23.7 Å². The quantitative estimate of drug-likeness (QED) is 0.297. The van der Waals surface area contributed by atoms with Gasteiger partial charge in [0.1, 0.15) is 6.04 Å². The number of nitrogens with one attached hydrogen (secondary N) is 2. The fourth-order valence-electron chi connectivity index (χ4n) is 2.96. The van der Waals surface area contributed by atoms with E-state index in [0.717, 1.165) is 11.1 Å². The summed E-state index contributed by atoms with van der Waals surface area (Å²) in [5, 5.41) is 14.5. The maximum Gasteiger partial charge on any atom is 0.326 e. The molecule has 33 heavy (non-hydrogen) atoms. The maximum absolute atomic E-state index is 13.0. The minimum atomic E-state index is -1.36. The van der Waals surface area contributed by atoms with Gasteiger partial charge in [-0.15, -0.1) is 11.3 Å². The zero-order valence-electron chi connectivity index (χ0n) is 17.7. The number of rotatable bonds is 12. The molecule has 0 saturated carbocycles. The lowest BCUT2D eigenvalue weighted by molar-refractivity contribution is -0.139. The van der Waals surface area contributed by atoms with E-state index in [-0.39, 0.29) is 0 Å². The molecule has 2 atom stereocenters. The predicted molar refractivity (Wildman–Crippen MR) is 139 cm³/mol. The molecule has 2 unspecified atom stereocenters. The molecule has 174 valence electrons. The van der Waals surface area contributed by atoms with Gasteiger partial charge in [-0.3, -0.25) is 9.52 Å². The highest BCUT2D eigenvalue weighted by Crippen LogP contribution is 2.28. The SMILES string of the molecule is CSCCC(NC(=O)c1ccc(CSS(=O)Nc2nccs2)cc1-c1ccccc1)C(=O)O. The Bertz CT molecular complexity index is 1090. The van der Waals surface area contributed by atoms with E-state index in [1.165, 1.54) is 33.9 Å². The highest BCUT2D eigenvalue weighted by molar-refractivity contribution is 8.69. The average molecular weight is 522 g/mol. The third kappa shape index (κ3) is 7.60. The van der Waals surface area contributed by atoms with Crippen molar-refractivity contribution in [1.29, 1.82) is 0 Å². The largest absolute Gasteiger partial charge is 0.480 e. The topological polar surface area (TPSA) is 108 Å². The summed E-state index contributed by atoms with van der Waals surface area (Å²) in [6.45, 7) is 0. The van der Waals surface area contributed by atoms with Gasteiger partial charge in [0.05, 0.1) is 0 Å². The number of benzene rings is 2. The van der Waals surface area contributed by atoms with Gasteiger partial charge in [-0.25, -0.2) is 14.0 Å². The number of nitrogens with zero attached hydrogens (tertiary/aromatic N) is 1. The smallest absolute Gasteiger partial charge is 0.326 e. The molecule has 1 aromatic heterocycles. The molecule has 0 aliphatic heterocycles. The Kier molecular flexibility index (Phi) is 9.79. The molecule has 0 radical (unpaired) electrons. The Morgan fingerprint density at radius 3 is 2.67 bits per heavy atom. The average Bonchev–Trinajstić information content (AvgIpc) is 3.33. The van der Waals surface area contributed by atoms with Crippen LogP contribution in [0.2, 0.25) is 0 Å². The van der Waals surface area contributed by atoms with E-state index in [9.17, 15) is 18.9 Å². The first-order valence-corrected chi connectivity index (χ1v) is 14.8. The predicted octanol–water partition coefficient (Wildman–Crippen LogP) is 4.67. The van der Waals surface area contributed by atoms with Crippen molar-refractivity contribution >= 4 is 60.9 Å². The molecule has 11 heteroatoms. The molecule has 1 amide bonds. The molecular formula is C22H23N3O4S4. The van der Waals surface area contributed by atoms with Crippen LogP contribution in [0.1, 0.15) is 22.3 Å². The summed E-state index contributed by atoms with van der Waals surface area (Å²) < 4.78 is 15.1. The number of aromatic nitrogens is 1. The molecule has 0 fully saturated rings. The number of thiazole rings is 1. The lowest BCUT2D eigenvalue weighted by Crippen LogP contribution is -2.41. The molecule has 2 aromatic carbocycles. The van der Waals surface area contributed by atoms with Crippen molar-refractivity contribution in [2.45, 2.75) is 18.2 Å². The second-order valence-electron chi connectivity index (χ2n) is 6.83. The van der Waals surface area contributed by atoms with Gasteiger partial charge >= 0.3 is 5.97 Å². The second-order valence-corrected chi connectivity index (χ2v) is 11.5. The van der Waals surface area contributed by atoms with Crippen LogP contribution in [0.3, 0.4) is 0 Å². The Morgan fingerprint density at radius 2 is 2.00 bits per heavy atom. The van der Waals surface area contributed by atoms with Crippen LogP contribution in [-0.4, -0.2) is 44.2 Å². The number of hydrogen-bond acceptors (Lipinski definition) is 7. The standard InChI is InChI=1S/C22H23N3O4S4/c1-30-11-9-19(21(27)28)24-20(26)17-8-7-15(13-18(17)16-5-3-2-4-6-16)14-32-33(29)25-22-23-10-12-31-22/h2-8,10,12-13,19H,9,11,14H2,1H3,(H,23,25)(H,24,26)(H,27,28). The molecule has 0 aliphatic carbocycles. The van der Waals surface area contributed by atoms with Crippen LogP contribution < -0.4 is 10.0 Å². The number of hydrogen-bond donors (Lipinski definition) is 3. The van der Waals surface area contributed by atoms with Gasteiger partial charge in [-0.1, -0.05) is 36.4 Å². The highest BCUT2D eigenvalue weighted by Gasteiger charge is 2.22. The van der Waals surface area contributed by atoms with Crippen LogP contribution in [0.5, 0.6) is 0 Å². The third-order valence-corrected chi connectivity index (χ3v) is 8.30. The molecule has 0 saturated heterocycles.